The fraction of sp³-hybridized carbons (Fsp3) is 0.231. The summed E-state index contributed by atoms with van der Waals surface area (Å²) >= 11 is 3.46. The monoisotopic (exact) mass is 304 g/mol. The van der Waals surface area contributed by atoms with Gasteiger partial charge in [0.25, 0.3) is 0 Å². The average molecular weight is 305 g/mol. The van der Waals surface area contributed by atoms with Crippen LogP contribution in [0.5, 0.6) is 0 Å². The first-order valence-corrected chi connectivity index (χ1v) is 6.34. The predicted molar refractivity (Wildman–Crippen MR) is 74.1 cm³/mol. The zero-order valence-corrected chi connectivity index (χ0v) is 11.8. The van der Waals surface area contributed by atoms with Crippen molar-refractivity contribution >= 4 is 21.6 Å². The van der Waals surface area contributed by atoms with Crippen molar-refractivity contribution in [2.45, 2.75) is 13.0 Å². The fourth-order valence-electron chi connectivity index (χ4n) is 1.68. The number of anilines is 1. The molecule has 4 nitrogen and oxygen atoms in total. The molecule has 2 rings (SSSR count). The lowest BCUT2D eigenvalue weighted by Crippen LogP contribution is -2.06. The Labute approximate surface area is 114 Å². The minimum Gasteiger partial charge on any atom is -0.377 e. The largest absolute Gasteiger partial charge is 0.377 e. The maximum Gasteiger partial charge on any atom is 0.0992 e. The van der Waals surface area contributed by atoms with Gasteiger partial charge < -0.3 is 5.32 Å². The van der Waals surface area contributed by atoms with Crippen LogP contribution in [0.4, 0.5) is 5.69 Å². The van der Waals surface area contributed by atoms with Gasteiger partial charge in [-0.2, -0.15) is 10.4 Å². The van der Waals surface area contributed by atoms with Crippen molar-refractivity contribution in [1.82, 2.24) is 9.78 Å². The molecule has 0 fully saturated rings. The van der Waals surface area contributed by atoms with Gasteiger partial charge in [0, 0.05) is 29.0 Å². The SMILES string of the molecule is CC(Nc1ccc(C#N)cc1Br)c1cnn(C)c1. The van der Waals surface area contributed by atoms with Crippen LogP contribution in [0.2, 0.25) is 0 Å². The van der Waals surface area contributed by atoms with E-state index in [4.69, 9.17) is 5.26 Å². The smallest absolute Gasteiger partial charge is 0.0992 e. The molecule has 5 heteroatoms. The summed E-state index contributed by atoms with van der Waals surface area (Å²) < 4.78 is 2.67. The average Bonchev–Trinajstić information content (AvgIpc) is 2.78. The first-order valence-electron chi connectivity index (χ1n) is 5.55. The Bertz CT molecular complexity index is 597. The van der Waals surface area contributed by atoms with E-state index >= 15 is 0 Å². The molecular weight excluding hydrogens is 292 g/mol. The lowest BCUT2D eigenvalue weighted by atomic mass is 10.1. The minimum atomic E-state index is 0.155. The molecule has 0 bridgehead atoms. The summed E-state index contributed by atoms with van der Waals surface area (Å²) in [5, 5.41) is 16.3. The number of halogens is 1. The number of hydrogen-bond acceptors (Lipinski definition) is 3. The molecule has 0 saturated carbocycles. The molecule has 92 valence electrons. The minimum absolute atomic E-state index is 0.155. The van der Waals surface area contributed by atoms with E-state index in [0.717, 1.165) is 15.7 Å². The van der Waals surface area contributed by atoms with Gasteiger partial charge in [0.2, 0.25) is 0 Å². The molecule has 1 unspecified atom stereocenters. The van der Waals surface area contributed by atoms with Gasteiger partial charge in [-0.15, -0.1) is 0 Å². The Morgan fingerprint density at radius 2 is 2.28 bits per heavy atom. The molecule has 0 amide bonds. The summed E-state index contributed by atoms with van der Waals surface area (Å²) in [4.78, 5) is 0. The van der Waals surface area contributed by atoms with Crippen LogP contribution >= 0.6 is 15.9 Å². The Hall–Kier alpha value is -1.80. The van der Waals surface area contributed by atoms with Gasteiger partial charge in [-0.1, -0.05) is 0 Å². The van der Waals surface area contributed by atoms with E-state index < -0.39 is 0 Å². The summed E-state index contributed by atoms with van der Waals surface area (Å²) in [5.74, 6) is 0. The van der Waals surface area contributed by atoms with Gasteiger partial charge >= 0.3 is 0 Å². The molecule has 0 spiro atoms. The van der Waals surface area contributed by atoms with Crippen LogP contribution in [0, 0.1) is 11.3 Å². The van der Waals surface area contributed by atoms with Gasteiger partial charge in [0.05, 0.1) is 23.9 Å². The summed E-state index contributed by atoms with van der Waals surface area (Å²) in [5.41, 5.74) is 2.72. The Morgan fingerprint density at radius 1 is 1.50 bits per heavy atom. The maximum atomic E-state index is 8.81. The van der Waals surface area contributed by atoms with Crippen LogP contribution in [0.3, 0.4) is 0 Å². The predicted octanol–water partition coefficient (Wildman–Crippen LogP) is 3.23. The van der Waals surface area contributed by atoms with Gasteiger partial charge in [-0.3, -0.25) is 4.68 Å². The molecule has 1 aromatic carbocycles. The van der Waals surface area contributed by atoms with E-state index in [1.165, 1.54) is 0 Å². The van der Waals surface area contributed by atoms with E-state index in [9.17, 15) is 0 Å². The van der Waals surface area contributed by atoms with E-state index in [0.29, 0.717) is 5.56 Å². The molecule has 1 N–H and O–H groups in total. The van der Waals surface area contributed by atoms with Gasteiger partial charge in [0.15, 0.2) is 0 Å². The highest BCUT2D eigenvalue weighted by Gasteiger charge is 2.09. The van der Waals surface area contributed by atoms with E-state index in [1.54, 1.807) is 16.8 Å². The first-order chi connectivity index (χ1) is 8.60. The Kier molecular flexibility index (Phi) is 3.68. The standard InChI is InChI=1S/C13H13BrN4/c1-9(11-7-16-18(2)8-11)17-13-4-3-10(6-15)5-12(13)14/h3-5,7-9,17H,1-2H3. The zero-order valence-electron chi connectivity index (χ0n) is 10.2. The molecule has 0 saturated heterocycles. The molecule has 0 aliphatic carbocycles. The second kappa shape index (κ2) is 5.23. The molecule has 1 aromatic heterocycles. The lowest BCUT2D eigenvalue weighted by Gasteiger charge is -2.15. The molecular formula is C13H13BrN4. The lowest BCUT2D eigenvalue weighted by molar-refractivity contribution is 0.765. The highest BCUT2D eigenvalue weighted by molar-refractivity contribution is 9.10. The molecule has 0 aliphatic heterocycles. The summed E-state index contributed by atoms with van der Waals surface area (Å²) in [6.45, 7) is 2.07. The van der Waals surface area contributed by atoms with Crippen molar-refractivity contribution in [1.29, 1.82) is 5.26 Å². The highest BCUT2D eigenvalue weighted by atomic mass is 79.9. The summed E-state index contributed by atoms with van der Waals surface area (Å²) in [6.07, 6.45) is 3.82. The van der Waals surface area contributed by atoms with E-state index in [-0.39, 0.29) is 6.04 Å². The van der Waals surface area contributed by atoms with E-state index in [2.05, 4.69) is 39.3 Å². The number of nitrogens with one attached hydrogen (secondary N) is 1. The number of hydrogen-bond donors (Lipinski definition) is 1. The number of aromatic nitrogens is 2. The third-order valence-electron chi connectivity index (χ3n) is 2.70. The quantitative estimate of drug-likeness (QED) is 0.947. The number of rotatable bonds is 3. The van der Waals surface area contributed by atoms with Crippen LogP contribution in [0.15, 0.2) is 35.1 Å². The molecule has 0 aliphatic rings. The van der Waals surface area contributed by atoms with Crippen molar-refractivity contribution in [3.63, 3.8) is 0 Å². The van der Waals surface area contributed by atoms with Crippen LogP contribution in [-0.2, 0) is 7.05 Å². The van der Waals surface area contributed by atoms with Crippen LogP contribution < -0.4 is 5.32 Å². The van der Waals surface area contributed by atoms with Crippen molar-refractivity contribution in [3.8, 4) is 6.07 Å². The second-order valence-electron chi connectivity index (χ2n) is 4.12. The van der Waals surface area contributed by atoms with Crippen molar-refractivity contribution in [3.05, 3.63) is 46.2 Å². The third kappa shape index (κ3) is 2.71. The van der Waals surface area contributed by atoms with Gasteiger partial charge in [-0.25, -0.2) is 0 Å². The highest BCUT2D eigenvalue weighted by Crippen LogP contribution is 2.27. The Balaban J connectivity index is 2.17. The first kappa shape index (κ1) is 12.7. The van der Waals surface area contributed by atoms with Crippen LogP contribution in [-0.4, -0.2) is 9.78 Å². The Morgan fingerprint density at radius 3 is 2.83 bits per heavy atom. The molecule has 18 heavy (non-hydrogen) atoms. The third-order valence-corrected chi connectivity index (χ3v) is 3.35. The normalized spacial score (nSPS) is 11.9. The van der Waals surface area contributed by atoms with Crippen LogP contribution in [0.1, 0.15) is 24.1 Å². The van der Waals surface area contributed by atoms with Crippen molar-refractivity contribution < 1.29 is 0 Å². The molecule has 2 aromatic rings. The number of benzene rings is 1. The number of nitrogens with zero attached hydrogens (tertiary/aromatic N) is 3. The maximum absolute atomic E-state index is 8.81. The summed E-state index contributed by atoms with van der Waals surface area (Å²) in [6, 6.07) is 7.76. The molecule has 1 atom stereocenters. The number of aryl methyl sites for hydroxylation is 1. The van der Waals surface area contributed by atoms with Crippen molar-refractivity contribution in [2.75, 3.05) is 5.32 Å². The van der Waals surface area contributed by atoms with Gasteiger partial charge in [0.1, 0.15) is 0 Å². The number of nitriles is 1. The topological polar surface area (TPSA) is 53.6 Å². The summed E-state index contributed by atoms with van der Waals surface area (Å²) in [7, 11) is 1.90. The molecule has 0 radical (unpaired) electrons. The molecule has 1 heterocycles. The van der Waals surface area contributed by atoms with Gasteiger partial charge in [-0.05, 0) is 41.1 Å². The second-order valence-corrected chi connectivity index (χ2v) is 4.97. The van der Waals surface area contributed by atoms with Crippen molar-refractivity contribution in [2.24, 2.45) is 7.05 Å². The van der Waals surface area contributed by atoms with Crippen LogP contribution in [0.25, 0.3) is 0 Å². The van der Waals surface area contributed by atoms with E-state index in [1.807, 2.05) is 25.5 Å². The fourth-order valence-corrected chi connectivity index (χ4v) is 2.18. The zero-order chi connectivity index (χ0) is 13.1.